The van der Waals surface area contributed by atoms with Gasteiger partial charge in [0, 0.05) is 24.0 Å². The molecule has 1 atom stereocenters. The fourth-order valence-electron chi connectivity index (χ4n) is 3.95. The molecule has 1 N–H and O–H groups in total. The van der Waals surface area contributed by atoms with Crippen LogP contribution in [0, 0.1) is 5.82 Å². The Labute approximate surface area is 231 Å². The molecule has 7 nitrogen and oxygen atoms in total. The lowest BCUT2D eigenvalue weighted by Crippen LogP contribution is -2.53. The average Bonchev–Trinajstić information content (AvgIpc) is 2.88. The smallest absolute Gasteiger partial charge is 0.244 e. The predicted molar refractivity (Wildman–Crippen MR) is 151 cm³/mol. The molecule has 0 aliphatic carbocycles. The summed E-state index contributed by atoms with van der Waals surface area (Å²) in [7, 11) is -3.85. The number of hydrogen-bond donors (Lipinski definition) is 1. The van der Waals surface area contributed by atoms with Crippen molar-refractivity contribution in [2.45, 2.75) is 32.4 Å². The van der Waals surface area contributed by atoms with Gasteiger partial charge in [-0.25, -0.2) is 12.8 Å². The molecular weight excluding hydrogens is 573 g/mol. The van der Waals surface area contributed by atoms with Crippen LogP contribution in [0.2, 0.25) is 0 Å². The highest BCUT2D eigenvalue weighted by Gasteiger charge is 2.33. The fraction of sp³-hybridized carbons (Fsp3) is 0.286. The molecule has 0 saturated carbocycles. The van der Waals surface area contributed by atoms with Crippen molar-refractivity contribution in [3.8, 4) is 0 Å². The Morgan fingerprint density at radius 3 is 2.26 bits per heavy atom. The first-order valence-electron chi connectivity index (χ1n) is 12.2. The maximum Gasteiger partial charge on any atom is 0.244 e. The van der Waals surface area contributed by atoms with Crippen molar-refractivity contribution in [3.05, 3.63) is 100 Å². The van der Waals surface area contributed by atoms with E-state index in [2.05, 4.69) is 21.2 Å². The molecule has 38 heavy (non-hydrogen) atoms. The van der Waals surface area contributed by atoms with Crippen LogP contribution in [0.25, 0.3) is 0 Å². The molecule has 10 heteroatoms. The topological polar surface area (TPSA) is 86.8 Å². The number of sulfonamides is 1. The number of rotatable bonds is 12. The Kier molecular flexibility index (Phi) is 10.4. The van der Waals surface area contributed by atoms with Gasteiger partial charge in [0.15, 0.2) is 0 Å². The number of halogens is 2. The number of nitrogens with one attached hydrogen (secondary N) is 1. The summed E-state index contributed by atoms with van der Waals surface area (Å²) >= 11 is 3.35. The molecule has 0 bridgehead atoms. The van der Waals surface area contributed by atoms with Crippen LogP contribution in [-0.4, -0.2) is 50.5 Å². The van der Waals surface area contributed by atoms with Crippen LogP contribution in [0.5, 0.6) is 0 Å². The molecule has 3 rings (SSSR count). The summed E-state index contributed by atoms with van der Waals surface area (Å²) in [6, 6.07) is 20.6. The standard InChI is InChI=1S/C28H31BrFN3O4S/c1-3-16-31-28(35)26(17-21-8-5-4-6-9-21)32(19-22-12-14-24(30)15-13-22)27(34)20-33(38(2,36)37)25-11-7-10-23(29)18-25/h4-15,18,26H,3,16-17,19-20H2,1-2H3,(H,31,35)/t26-/m1/s1. The highest BCUT2D eigenvalue weighted by molar-refractivity contribution is 9.10. The Hall–Kier alpha value is -3.24. The third-order valence-electron chi connectivity index (χ3n) is 5.86. The zero-order chi connectivity index (χ0) is 27.7. The minimum Gasteiger partial charge on any atom is -0.354 e. The maximum atomic E-state index is 13.9. The van der Waals surface area contributed by atoms with E-state index in [0.717, 1.165) is 16.1 Å². The van der Waals surface area contributed by atoms with Crippen molar-refractivity contribution in [1.29, 1.82) is 0 Å². The van der Waals surface area contributed by atoms with Crippen molar-refractivity contribution >= 4 is 43.5 Å². The van der Waals surface area contributed by atoms with E-state index in [0.29, 0.717) is 28.7 Å². The Bertz CT molecular complexity index is 1340. The number of anilines is 1. The first-order chi connectivity index (χ1) is 18.1. The molecule has 0 unspecified atom stereocenters. The van der Waals surface area contributed by atoms with Crippen LogP contribution in [0.3, 0.4) is 0 Å². The molecule has 0 aliphatic rings. The predicted octanol–water partition coefficient (Wildman–Crippen LogP) is 4.52. The van der Waals surface area contributed by atoms with Crippen LogP contribution in [0.15, 0.2) is 83.3 Å². The van der Waals surface area contributed by atoms with Crippen LogP contribution >= 0.6 is 15.9 Å². The second-order valence-electron chi connectivity index (χ2n) is 8.89. The van der Waals surface area contributed by atoms with E-state index in [-0.39, 0.29) is 18.9 Å². The molecule has 0 spiro atoms. The zero-order valence-electron chi connectivity index (χ0n) is 21.3. The second-order valence-corrected chi connectivity index (χ2v) is 11.7. The number of carbonyl (C=O) groups excluding carboxylic acids is 2. The van der Waals surface area contributed by atoms with Crippen molar-refractivity contribution in [1.82, 2.24) is 10.2 Å². The van der Waals surface area contributed by atoms with Gasteiger partial charge in [0.2, 0.25) is 21.8 Å². The van der Waals surface area contributed by atoms with Gasteiger partial charge < -0.3 is 10.2 Å². The quantitative estimate of drug-likeness (QED) is 0.330. The van der Waals surface area contributed by atoms with E-state index in [4.69, 9.17) is 0 Å². The largest absolute Gasteiger partial charge is 0.354 e. The van der Waals surface area contributed by atoms with Gasteiger partial charge in [-0.3, -0.25) is 13.9 Å². The summed E-state index contributed by atoms with van der Waals surface area (Å²) in [6.45, 7) is 1.83. The molecule has 0 saturated heterocycles. The highest BCUT2D eigenvalue weighted by atomic mass is 79.9. The number of hydrogen-bond acceptors (Lipinski definition) is 4. The lowest BCUT2D eigenvalue weighted by Gasteiger charge is -2.33. The SMILES string of the molecule is CCCNC(=O)[C@@H](Cc1ccccc1)N(Cc1ccc(F)cc1)C(=O)CN(c1cccc(Br)c1)S(C)(=O)=O. The highest BCUT2D eigenvalue weighted by Crippen LogP contribution is 2.23. The molecule has 0 heterocycles. The first kappa shape index (κ1) is 29.3. The van der Waals surface area contributed by atoms with Crippen LogP contribution < -0.4 is 9.62 Å². The van der Waals surface area contributed by atoms with Gasteiger partial charge >= 0.3 is 0 Å². The molecule has 0 aliphatic heterocycles. The number of nitrogens with zero attached hydrogens (tertiary/aromatic N) is 2. The Morgan fingerprint density at radius 2 is 1.66 bits per heavy atom. The van der Waals surface area contributed by atoms with Crippen LogP contribution in [0.1, 0.15) is 24.5 Å². The van der Waals surface area contributed by atoms with Gasteiger partial charge in [0.05, 0.1) is 11.9 Å². The van der Waals surface area contributed by atoms with Crippen LogP contribution in [-0.2, 0) is 32.6 Å². The average molecular weight is 605 g/mol. The van der Waals surface area contributed by atoms with Crippen molar-refractivity contribution in [2.75, 3.05) is 23.7 Å². The number of benzene rings is 3. The number of amides is 2. The van der Waals surface area contributed by atoms with Gasteiger partial charge in [-0.05, 0) is 47.9 Å². The monoisotopic (exact) mass is 603 g/mol. The van der Waals surface area contributed by atoms with Gasteiger partial charge in [0.1, 0.15) is 18.4 Å². The van der Waals surface area contributed by atoms with Crippen molar-refractivity contribution in [3.63, 3.8) is 0 Å². The minimum absolute atomic E-state index is 0.00769. The van der Waals surface area contributed by atoms with Gasteiger partial charge in [0.25, 0.3) is 0 Å². The summed E-state index contributed by atoms with van der Waals surface area (Å²) < 4.78 is 40.8. The Morgan fingerprint density at radius 1 is 0.974 bits per heavy atom. The Balaban J connectivity index is 2.03. The lowest BCUT2D eigenvalue weighted by molar-refractivity contribution is -0.140. The molecule has 0 fully saturated rings. The molecule has 0 radical (unpaired) electrons. The minimum atomic E-state index is -3.85. The molecule has 0 aromatic heterocycles. The van der Waals surface area contributed by atoms with E-state index in [1.54, 1.807) is 36.4 Å². The molecule has 3 aromatic rings. The normalized spacial score (nSPS) is 12.0. The summed E-state index contributed by atoms with van der Waals surface area (Å²) in [5.41, 5.74) is 1.76. The van der Waals surface area contributed by atoms with E-state index >= 15 is 0 Å². The molecule has 2 amide bonds. The second kappa shape index (κ2) is 13.5. The molecule has 3 aromatic carbocycles. The zero-order valence-corrected chi connectivity index (χ0v) is 23.7. The third kappa shape index (κ3) is 8.39. The summed E-state index contributed by atoms with van der Waals surface area (Å²) in [5, 5.41) is 2.87. The molecule has 202 valence electrons. The summed E-state index contributed by atoms with van der Waals surface area (Å²) in [6.07, 6.45) is 1.96. The fourth-order valence-corrected chi connectivity index (χ4v) is 5.18. The maximum absolute atomic E-state index is 13.9. The lowest BCUT2D eigenvalue weighted by atomic mass is 10.0. The van der Waals surface area contributed by atoms with Gasteiger partial charge in [-0.1, -0.05) is 71.4 Å². The van der Waals surface area contributed by atoms with Gasteiger partial charge in [-0.15, -0.1) is 0 Å². The number of carbonyl (C=O) groups is 2. The van der Waals surface area contributed by atoms with Crippen LogP contribution in [0.4, 0.5) is 10.1 Å². The van der Waals surface area contributed by atoms with Crippen molar-refractivity contribution < 1.29 is 22.4 Å². The third-order valence-corrected chi connectivity index (χ3v) is 7.50. The molecular formula is C28H31BrFN3O4S. The van der Waals surface area contributed by atoms with E-state index in [9.17, 15) is 22.4 Å². The first-order valence-corrected chi connectivity index (χ1v) is 14.8. The van der Waals surface area contributed by atoms with Crippen molar-refractivity contribution in [2.24, 2.45) is 0 Å². The summed E-state index contributed by atoms with van der Waals surface area (Å²) in [4.78, 5) is 28.7. The summed E-state index contributed by atoms with van der Waals surface area (Å²) in [5.74, 6) is -1.34. The van der Waals surface area contributed by atoms with E-state index in [1.807, 2.05) is 37.3 Å². The van der Waals surface area contributed by atoms with E-state index < -0.39 is 34.3 Å². The van der Waals surface area contributed by atoms with E-state index in [1.165, 1.54) is 17.0 Å². The van der Waals surface area contributed by atoms with Gasteiger partial charge in [-0.2, -0.15) is 0 Å².